The molecule has 0 aliphatic rings. The van der Waals surface area contributed by atoms with E-state index in [0.29, 0.717) is 29.4 Å². The van der Waals surface area contributed by atoms with Crippen molar-refractivity contribution in [2.45, 2.75) is 6.92 Å². The highest BCUT2D eigenvalue weighted by atomic mass is 16.5. The van der Waals surface area contributed by atoms with E-state index in [1.807, 2.05) is 25.1 Å². The van der Waals surface area contributed by atoms with E-state index >= 15 is 0 Å². The van der Waals surface area contributed by atoms with E-state index in [0.717, 1.165) is 0 Å². The molecule has 0 aliphatic carbocycles. The summed E-state index contributed by atoms with van der Waals surface area (Å²) in [5, 5.41) is 12.0. The lowest BCUT2D eigenvalue weighted by Gasteiger charge is -2.08. The van der Waals surface area contributed by atoms with Gasteiger partial charge in [-0.25, -0.2) is 0 Å². The van der Waals surface area contributed by atoms with Crippen molar-refractivity contribution in [1.29, 1.82) is 5.26 Å². The molecule has 2 rings (SSSR count). The normalized spacial score (nSPS) is 10.6. The third-order valence-electron chi connectivity index (χ3n) is 3.21. The Bertz CT molecular complexity index is 791. The molecule has 0 aromatic heterocycles. The molecule has 0 fully saturated rings. The molecule has 0 aliphatic heterocycles. The number of hydrogen-bond acceptors (Lipinski definition) is 4. The van der Waals surface area contributed by atoms with Crippen molar-refractivity contribution < 1.29 is 14.3 Å². The molecule has 0 atom stereocenters. The summed E-state index contributed by atoms with van der Waals surface area (Å²) in [6, 6.07) is 16.1. The molecular weight excluding hydrogens is 304 g/mol. The van der Waals surface area contributed by atoms with Crippen LogP contribution in [-0.4, -0.2) is 19.6 Å². The van der Waals surface area contributed by atoms with E-state index in [-0.39, 0.29) is 5.57 Å². The first-order chi connectivity index (χ1) is 11.7. The summed E-state index contributed by atoms with van der Waals surface area (Å²) < 4.78 is 10.6. The number of para-hydroxylation sites is 1. The zero-order valence-corrected chi connectivity index (χ0v) is 13.6. The first-order valence-electron chi connectivity index (χ1n) is 7.47. The Morgan fingerprint density at radius 3 is 2.75 bits per heavy atom. The first-order valence-corrected chi connectivity index (χ1v) is 7.47. The molecule has 0 bridgehead atoms. The number of carbonyl (C=O) groups is 1. The second-order valence-corrected chi connectivity index (χ2v) is 4.83. The van der Waals surface area contributed by atoms with Crippen molar-refractivity contribution in [3.8, 4) is 17.6 Å². The predicted molar refractivity (Wildman–Crippen MR) is 92.8 cm³/mol. The number of rotatable bonds is 6. The first kappa shape index (κ1) is 17.1. The van der Waals surface area contributed by atoms with Crippen LogP contribution in [0.25, 0.3) is 6.08 Å². The molecule has 0 spiro atoms. The molecule has 2 aromatic rings. The van der Waals surface area contributed by atoms with Gasteiger partial charge in [0.05, 0.1) is 13.7 Å². The van der Waals surface area contributed by atoms with Gasteiger partial charge in [-0.1, -0.05) is 24.3 Å². The number of nitriles is 1. The van der Waals surface area contributed by atoms with Crippen LogP contribution in [0.3, 0.4) is 0 Å². The minimum absolute atomic E-state index is 0.00928. The molecule has 0 saturated carbocycles. The van der Waals surface area contributed by atoms with Gasteiger partial charge in [-0.05, 0) is 31.2 Å². The molecule has 0 saturated heterocycles. The predicted octanol–water partition coefficient (Wildman–Crippen LogP) is 3.64. The van der Waals surface area contributed by atoms with Gasteiger partial charge in [0, 0.05) is 17.3 Å². The summed E-state index contributed by atoms with van der Waals surface area (Å²) in [7, 11) is 1.55. The van der Waals surface area contributed by atoms with Crippen LogP contribution in [0.5, 0.6) is 11.5 Å². The lowest BCUT2D eigenvalue weighted by molar-refractivity contribution is -0.112. The molecule has 0 heterocycles. The van der Waals surface area contributed by atoms with Crippen LogP contribution in [0.2, 0.25) is 0 Å². The molecule has 0 radical (unpaired) electrons. The number of nitrogens with one attached hydrogen (secondary N) is 1. The number of carbonyl (C=O) groups excluding carboxylic acids is 1. The largest absolute Gasteiger partial charge is 0.497 e. The fourth-order valence-electron chi connectivity index (χ4n) is 2.09. The molecule has 0 unspecified atom stereocenters. The highest BCUT2D eigenvalue weighted by molar-refractivity contribution is 6.09. The molecule has 1 N–H and O–H groups in total. The third-order valence-corrected chi connectivity index (χ3v) is 3.21. The van der Waals surface area contributed by atoms with Crippen LogP contribution in [0.1, 0.15) is 12.5 Å². The van der Waals surface area contributed by atoms with E-state index < -0.39 is 5.91 Å². The van der Waals surface area contributed by atoms with Gasteiger partial charge in [-0.3, -0.25) is 4.79 Å². The Labute approximate surface area is 141 Å². The maximum absolute atomic E-state index is 12.3. The Hall–Kier alpha value is -3.26. The van der Waals surface area contributed by atoms with Gasteiger partial charge in [0.1, 0.15) is 23.1 Å². The van der Waals surface area contributed by atoms with Crippen LogP contribution in [-0.2, 0) is 4.79 Å². The van der Waals surface area contributed by atoms with E-state index in [1.54, 1.807) is 43.5 Å². The fraction of sp³-hybridized carbons (Fsp3) is 0.158. The highest BCUT2D eigenvalue weighted by Crippen LogP contribution is 2.22. The van der Waals surface area contributed by atoms with Crippen LogP contribution in [0.4, 0.5) is 5.69 Å². The van der Waals surface area contributed by atoms with E-state index in [2.05, 4.69) is 5.32 Å². The van der Waals surface area contributed by atoms with Crippen molar-refractivity contribution in [2.24, 2.45) is 0 Å². The molecule has 122 valence electrons. The average molecular weight is 322 g/mol. The van der Waals surface area contributed by atoms with Crippen molar-refractivity contribution in [3.63, 3.8) is 0 Å². The number of methoxy groups -OCH3 is 1. The lowest BCUT2D eigenvalue weighted by Crippen LogP contribution is -2.13. The van der Waals surface area contributed by atoms with Gasteiger partial charge in [0.2, 0.25) is 0 Å². The van der Waals surface area contributed by atoms with Crippen LogP contribution >= 0.6 is 0 Å². The van der Waals surface area contributed by atoms with Crippen molar-refractivity contribution in [3.05, 3.63) is 59.7 Å². The Kier molecular flexibility index (Phi) is 5.98. The van der Waals surface area contributed by atoms with E-state index in [9.17, 15) is 10.1 Å². The van der Waals surface area contributed by atoms with Gasteiger partial charge in [-0.15, -0.1) is 0 Å². The number of ether oxygens (including phenoxy) is 2. The molecule has 1 amide bonds. The second kappa shape index (κ2) is 8.39. The fourth-order valence-corrected chi connectivity index (χ4v) is 2.09. The standard InChI is InChI=1S/C19H18N2O3/c1-3-24-18-10-5-4-7-14(18)11-15(13-20)19(22)21-16-8-6-9-17(12-16)23-2/h4-12H,3H2,1-2H3,(H,21,22)/b15-11+. The number of amides is 1. The SMILES string of the molecule is CCOc1ccccc1/C=C(\C#N)C(=O)Nc1cccc(OC)c1. The summed E-state index contributed by atoms with van der Waals surface area (Å²) in [6.45, 7) is 2.38. The maximum atomic E-state index is 12.3. The Morgan fingerprint density at radius 2 is 2.04 bits per heavy atom. The zero-order chi connectivity index (χ0) is 17.4. The summed E-state index contributed by atoms with van der Waals surface area (Å²) in [6.07, 6.45) is 1.51. The molecule has 24 heavy (non-hydrogen) atoms. The highest BCUT2D eigenvalue weighted by Gasteiger charge is 2.11. The summed E-state index contributed by atoms with van der Waals surface area (Å²) in [4.78, 5) is 12.3. The van der Waals surface area contributed by atoms with Crippen molar-refractivity contribution in [1.82, 2.24) is 0 Å². The topological polar surface area (TPSA) is 71.3 Å². The minimum Gasteiger partial charge on any atom is -0.497 e. The van der Waals surface area contributed by atoms with Gasteiger partial charge in [0.15, 0.2) is 0 Å². The van der Waals surface area contributed by atoms with Gasteiger partial charge >= 0.3 is 0 Å². The summed E-state index contributed by atoms with van der Waals surface area (Å²) in [5.74, 6) is 0.760. The zero-order valence-electron chi connectivity index (χ0n) is 13.6. The van der Waals surface area contributed by atoms with Gasteiger partial charge in [-0.2, -0.15) is 5.26 Å². The van der Waals surface area contributed by atoms with Gasteiger partial charge in [0.25, 0.3) is 5.91 Å². The number of anilines is 1. The van der Waals surface area contributed by atoms with Crippen molar-refractivity contribution in [2.75, 3.05) is 19.0 Å². The van der Waals surface area contributed by atoms with Crippen LogP contribution in [0.15, 0.2) is 54.1 Å². The van der Waals surface area contributed by atoms with Gasteiger partial charge < -0.3 is 14.8 Å². The molecular formula is C19H18N2O3. The third kappa shape index (κ3) is 4.37. The lowest BCUT2D eigenvalue weighted by atomic mass is 10.1. The van der Waals surface area contributed by atoms with E-state index in [1.165, 1.54) is 6.08 Å². The Balaban J connectivity index is 2.24. The number of nitrogens with zero attached hydrogens (tertiary/aromatic N) is 1. The maximum Gasteiger partial charge on any atom is 0.266 e. The minimum atomic E-state index is -0.489. The number of hydrogen-bond donors (Lipinski definition) is 1. The monoisotopic (exact) mass is 322 g/mol. The molecule has 2 aromatic carbocycles. The smallest absolute Gasteiger partial charge is 0.266 e. The van der Waals surface area contributed by atoms with Crippen molar-refractivity contribution >= 4 is 17.7 Å². The second-order valence-electron chi connectivity index (χ2n) is 4.83. The van der Waals surface area contributed by atoms with Crippen LogP contribution < -0.4 is 14.8 Å². The number of benzene rings is 2. The molecule has 5 nitrogen and oxygen atoms in total. The summed E-state index contributed by atoms with van der Waals surface area (Å²) in [5.41, 5.74) is 1.22. The Morgan fingerprint density at radius 1 is 1.25 bits per heavy atom. The summed E-state index contributed by atoms with van der Waals surface area (Å²) >= 11 is 0. The van der Waals surface area contributed by atoms with Crippen LogP contribution in [0, 0.1) is 11.3 Å². The quantitative estimate of drug-likeness (QED) is 0.651. The van der Waals surface area contributed by atoms with E-state index in [4.69, 9.17) is 9.47 Å². The average Bonchev–Trinajstić information content (AvgIpc) is 2.61. The molecule has 5 heteroatoms.